The van der Waals surface area contributed by atoms with Crippen molar-refractivity contribution in [3.05, 3.63) is 29.8 Å². The lowest BCUT2D eigenvalue weighted by molar-refractivity contribution is 0.0781. The van der Waals surface area contributed by atoms with Gasteiger partial charge in [0, 0.05) is 31.7 Å². The molecule has 0 aliphatic carbocycles. The quantitative estimate of drug-likeness (QED) is 0.846. The summed E-state index contributed by atoms with van der Waals surface area (Å²) in [7, 11) is 1.62. The lowest BCUT2D eigenvalue weighted by atomic mass is 10.0. The number of carbonyl (C=O) groups excluding carboxylic acids is 1. The highest BCUT2D eigenvalue weighted by Gasteiger charge is 2.38. The normalized spacial score (nSPS) is 26.2. The Kier molecular flexibility index (Phi) is 2.96. The van der Waals surface area contributed by atoms with Crippen LogP contribution in [0.5, 0.6) is 5.75 Å². The molecule has 2 aliphatic heterocycles. The summed E-state index contributed by atoms with van der Waals surface area (Å²) in [5.41, 5.74) is 0.724. The van der Waals surface area contributed by atoms with Crippen LogP contribution in [0, 0.1) is 11.8 Å². The van der Waals surface area contributed by atoms with Gasteiger partial charge in [0.15, 0.2) is 0 Å². The fraction of sp³-hybridized carbons (Fsp3) is 0.500. The zero-order valence-electron chi connectivity index (χ0n) is 10.6. The van der Waals surface area contributed by atoms with E-state index in [1.165, 1.54) is 0 Å². The van der Waals surface area contributed by atoms with Gasteiger partial charge in [-0.2, -0.15) is 0 Å². The van der Waals surface area contributed by atoms with E-state index in [1.54, 1.807) is 7.11 Å². The van der Waals surface area contributed by atoms with E-state index in [-0.39, 0.29) is 5.91 Å². The first-order valence-corrected chi connectivity index (χ1v) is 6.42. The van der Waals surface area contributed by atoms with E-state index in [0.29, 0.717) is 11.8 Å². The molecule has 3 rings (SSSR count). The summed E-state index contributed by atoms with van der Waals surface area (Å²) >= 11 is 0. The van der Waals surface area contributed by atoms with Gasteiger partial charge in [0.1, 0.15) is 5.75 Å². The SMILES string of the molecule is COc1cccc(C(=O)N2CC3CNCC3C2)c1. The fourth-order valence-electron chi connectivity index (χ4n) is 2.96. The minimum atomic E-state index is 0.128. The van der Waals surface area contributed by atoms with Crippen molar-refractivity contribution in [3.63, 3.8) is 0 Å². The Morgan fingerprint density at radius 3 is 2.72 bits per heavy atom. The number of carbonyl (C=O) groups is 1. The number of likely N-dealkylation sites (tertiary alicyclic amines) is 1. The van der Waals surface area contributed by atoms with Crippen molar-refractivity contribution in [3.8, 4) is 5.75 Å². The second-order valence-corrected chi connectivity index (χ2v) is 5.12. The third-order valence-electron chi connectivity index (χ3n) is 3.99. The van der Waals surface area contributed by atoms with Crippen LogP contribution >= 0.6 is 0 Å². The molecule has 2 atom stereocenters. The van der Waals surface area contributed by atoms with Gasteiger partial charge in [-0.1, -0.05) is 6.07 Å². The molecule has 0 aromatic heterocycles. The molecule has 2 unspecified atom stereocenters. The molecule has 2 aliphatic rings. The molecule has 2 heterocycles. The fourth-order valence-corrected chi connectivity index (χ4v) is 2.96. The van der Waals surface area contributed by atoms with Gasteiger partial charge in [-0.25, -0.2) is 0 Å². The summed E-state index contributed by atoms with van der Waals surface area (Å²) in [6.07, 6.45) is 0. The van der Waals surface area contributed by atoms with Crippen molar-refractivity contribution in [2.75, 3.05) is 33.3 Å². The summed E-state index contributed by atoms with van der Waals surface area (Å²) < 4.78 is 5.16. The molecule has 0 saturated carbocycles. The van der Waals surface area contributed by atoms with Crippen LogP contribution in [0.1, 0.15) is 10.4 Å². The van der Waals surface area contributed by atoms with Crippen LogP contribution in [-0.4, -0.2) is 44.1 Å². The van der Waals surface area contributed by atoms with Crippen LogP contribution in [0.15, 0.2) is 24.3 Å². The summed E-state index contributed by atoms with van der Waals surface area (Å²) in [6, 6.07) is 7.40. The molecule has 1 aromatic rings. The smallest absolute Gasteiger partial charge is 0.254 e. The number of hydrogen-bond acceptors (Lipinski definition) is 3. The van der Waals surface area contributed by atoms with Crippen molar-refractivity contribution < 1.29 is 9.53 Å². The van der Waals surface area contributed by atoms with Gasteiger partial charge in [0.2, 0.25) is 0 Å². The number of methoxy groups -OCH3 is 1. The van der Waals surface area contributed by atoms with E-state index in [2.05, 4.69) is 5.32 Å². The summed E-state index contributed by atoms with van der Waals surface area (Å²) in [5, 5.41) is 3.38. The van der Waals surface area contributed by atoms with Crippen molar-refractivity contribution >= 4 is 5.91 Å². The Bertz CT molecular complexity index is 449. The number of nitrogens with zero attached hydrogens (tertiary/aromatic N) is 1. The minimum Gasteiger partial charge on any atom is -0.497 e. The van der Waals surface area contributed by atoms with Crippen molar-refractivity contribution in [2.24, 2.45) is 11.8 Å². The molecule has 96 valence electrons. The molecule has 2 fully saturated rings. The summed E-state index contributed by atoms with van der Waals surface area (Å²) in [6.45, 7) is 3.86. The highest BCUT2D eigenvalue weighted by molar-refractivity contribution is 5.94. The van der Waals surface area contributed by atoms with E-state index in [4.69, 9.17) is 4.74 Å². The third kappa shape index (κ3) is 1.97. The molecule has 1 aromatic carbocycles. The van der Waals surface area contributed by atoms with E-state index in [0.717, 1.165) is 37.5 Å². The van der Waals surface area contributed by atoms with Gasteiger partial charge in [-0.3, -0.25) is 4.79 Å². The van der Waals surface area contributed by atoms with Gasteiger partial charge < -0.3 is 15.0 Å². The molecule has 0 spiro atoms. The standard InChI is InChI=1S/C14H18N2O2/c1-18-13-4-2-3-10(5-13)14(17)16-8-11-6-15-7-12(11)9-16/h2-5,11-12,15H,6-9H2,1H3. The Balaban J connectivity index is 1.74. The summed E-state index contributed by atoms with van der Waals surface area (Å²) in [4.78, 5) is 14.4. The minimum absolute atomic E-state index is 0.128. The van der Waals surface area contributed by atoms with Crippen molar-refractivity contribution in [1.82, 2.24) is 10.2 Å². The van der Waals surface area contributed by atoms with Gasteiger partial charge in [-0.05, 0) is 30.0 Å². The van der Waals surface area contributed by atoms with Gasteiger partial charge in [0.25, 0.3) is 5.91 Å². The number of nitrogens with one attached hydrogen (secondary N) is 1. The molecule has 18 heavy (non-hydrogen) atoms. The first-order chi connectivity index (χ1) is 8.78. The van der Waals surface area contributed by atoms with Gasteiger partial charge in [-0.15, -0.1) is 0 Å². The zero-order chi connectivity index (χ0) is 12.5. The molecular formula is C14H18N2O2. The topological polar surface area (TPSA) is 41.6 Å². The Morgan fingerprint density at radius 1 is 1.33 bits per heavy atom. The molecule has 4 nitrogen and oxygen atoms in total. The average Bonchev–Trinajstić information content (AvgIpc) is 2.98. The van der Waals surface area contributed by atoms with Crippen LogP contribution in [0.4, 0.5) is 0 Å². The molecular weight excluding hydrogens is 228 g/mol. The maximum absolute atomic E-state index is 12.4. The van der Waals surface area contributed by atoms with Crippen LogP contribution in [0.25, 0.3) is 0 Å². The molecule has 0 bridgehead atoms. The van der Waals surface area contributed by atoms with E-state index >= 15 is 0 Å². The monoisotopic (exact) mass is 246 g/mol. The lowest BCUT2D eigenvalue weighted by Crippen LogP contribution is -2.31. The number of ether oxygens (including phenoxy) is 1. The Hall–Kier alpha value is -1.55. The van der Waals surface area contributed by atoms with Crippen molar-refractivity contribution in [2.45, 2.75) is 0 Å². The molecule has 4 heteroatoms. The predicted octanol–water partition coefficient (Wildman–Crippen LogP) is 0.987. The Morgan fingerprint density at radius 2 is 2.06 bits per heavy atom. The van der Waals surface area contributed by atoms with E-state index < -0.39 is 0 Å². The highest BCUT2D eigenvalue weighted by atomic mass is 16.5. The molecule has 1 N–H and O–H groups in total. The first-order valence-electron chi connectivity index (χ1n) is 6.42. The average molecular weight is 246 g/mol. The van der Waals surface area contributed by atoms with Crippen LogP contribution in [0.3, 0.4) is 0 Å². The van der Waals surface area contributed by atoms with Gasteiger partial charge >= 0.3 is 0 Å². The maximum atomic E-state index is 12.4. The second kappa shape index (κ2) is 4.61. The first kappa shape index (κ1) is 11.5. The number of benzene rings is 1. The zero-order valence-corrected chi connectivity index (χ0v) is 10.6. The lowest BCUT2D eigenvalue weighted by Gasteiger charge is -2.17. The van der Waals surface area contributed by atoms with E-state index in [1.807, 2.05) is 29.2 Å². The molecule has 1 amide bonds. The van der Waals surface area contributed by atoms with E-state index in [9.17, 15) is 4.79 Å². The molecule has 0 radical (unpaired) electrons. The molecule has 2 saturated heterocycles. The number of hydrogen-bond donors (Lipinski definition) is 1. The van der Waals surface area contributed by atoms with Crippen LogP contribution in [-0.2, 0) is 0 Å². The Labute approximate surface area is 107 Å². The second-order valence-electron chi connectivity index (χ2n) is 5.12. The number of amides is 1. The van der Waals surface area contributed by atoms with Gasteiger partial charge in [0.05, 0.1) is 7.11 Å². The van der Waals surface area contributed by atoms with Crippen LogP contribution < -0.4 is 10.1 Å². The van der Waals surface area contributed by atoms with Crippen LogP contribution in [0.2, 0.25) is 0 Å². The maximum Gasteiger partial charge on any atom is 0.254 e. The highest BCUT2D eigenvalue weighted by Crippen LogP contribution is 2.27. The third-order valence-corrected chi connectivity index (χ3v) is 3.99. The number of rotatable bonds is 2. The predicted molar refractivity (Wildman–Crippen MR) is 68.7 cm³/mol. The summed E-state index contributed by atoms with van der Waals surface area (Å²) in [5.74, 6) is 2.14. The number of fused-ring (bicyclic) bond motifs is 1. The largest absolute Gasteiger partial charge is 0.497 e. The van der Waals surface area contributed by atoms with Crippen molar-refractivity contribution in [1.29, 1.82) is 0 Å².